The lowest BCUT2D eigenvalue weighted by Crippen LogP contribution is -2.30. The highest BCUT2D eigenvalue weighted by molar-refractivity contribution is 7.97. The molecule has 6 heteroatoms. The van der Waals surface area contributed by atoms with Crippen molar-refractivity contribution in [3.05, 3.63) is 47.0 Å². The molecule has 0 saturated heterocycles. The Bertz CT molecular complexity index is 542. The van der Waals surface area contributed by atoms with E-state index in [4.69, 9.17) is 0 Å². The fourth-order valence-electron chi connectivity index (χ4n) is 1.68. The van der Waals surface area contributed by atoms with E-state index in [1.165, 1.54) is 16.9 Å². The van der Waals surface area contributed by atoms with Crippen LogP contribution in [0.15, 0.2) is 35.7 Å². The maximum absolute atomic E-state index is 11.7. The molecular weight excluding hydrogens is 290 g/mol. The largest absolute Gasteiger partial charge is 0.337 e. The minimum atomic E-state index is -0.203. The Morgan fingerprint density at radius 2 is 2.15 bits per heavy atom. The van der Waals surface area contributed by atoms with Crippen LogP contribution in [0.25, 0.3) is 0 Å². The van der Waals surface area contributed by atoms with Gasteiger partial charge in [-0.25, -0.2) is 9.78 Å². The second-order valence-electron chi connectivity index (χ2n) is 4.19. The molecule has 2 rings (SSSR count). The van der Waals surface area contributed by atoms with E-state index in [1.807, 2.05) is 29.8 Å². The molecule has 1 aromatic heterocycles. The van der Waals surface area contributed by atoms with Crippen molar-refractivity contribution >= 4 is 34.3 Å². The molecule has 2 aromatic rings. The molecule has 0 spiro atoms. The summed E-state index contributed by atoms with van der Waals surface area (Å²) in [5, 5.41) is 8.20. The number of benzene rings is 1. The number of nitrogens with zero attached hydrogens (tertiary/aromatic N) is 1. The van der Waals surface area contributed by atoms with Gasteiger partial charge in [-0.1, -0.05) is 30.3 Å². The van der Waals surface area contributed by atoms with E-state index in [9.17, 15) is 4.79 Å². The SMILES string of the molecule is CSCc1csc(NC(=O)NCCc2ccccc2)n1. The number of thioether (sulfide) groups is 1. The fourth-order valence-corrected chi connectivity index (χ4v) is 2.94. The lowest BCUT2D eigenvalue weighted by atomic mass is 10.1. The van der Waals surface area contributed by atoms with Gasteiger partial charge in [0.25, 0.3) is 0 Å². The highest BCUT2D eigenvalue weighted by atomic mass is 32.2. The summed E-state index contributed by atoms with van der Waals surface area (Å²) in [5.74, 6) is 0.869. The van der Waals surface area contributed by atoms with Crippen molar-refractivity contribution in [2.45, 2.75) is 12.2 Å². The number of rotatable bonds is 6. The van der Waals surface area contributed by atoms with Crippen molar-refractivity contribution in [1.82, 2.24) is 10.3 Å². The Balaban J connectivity index is 1.72. The summed E-state index contributed by atoms with van der Waals surface area (Å²) in [7, 11) is 0. The van der Waals surface area contributed by atoms with E-state index in [1.54, 1.807) is 11.8 Å². The number of anilines is 1. The van der Waals surface area contributed by atoms with Gasteiger partial charge in [-0.3, -0.25) is 5.32 Å². The molecule has 106 valence electrons. The summed E-state index contributed by atoms with van der Waals surface area (Å²) in [6.07, 6.45) is 2.85. The van der Waals surface area contributed by atoms with Crippen LogP contribution >= 0.6 is 23.1 Å². The maximum Gasteiger partial charge on any atom is 0.321 e. The summed E-state index contributed by atoms with van der Waals surface area (Å²) < 4.78 is 0. The molecule has 1 aromatic carbocycles. The van der Waals surface area contributed by atoms with E-state index in [-0.39, 0.29) is 6.03 Å². The number of urea groups is 1. The van der Waals surface area contributed by atoms with Crippen molar-refractivity contribution in [1.29, 1.82) is 0 Å². The van der Waals surface area contributed by atoms with Crippen LogP contribution in [0, 0.1) is 0 Å². The first-order valence-corrected chi connectivity index (χ1v) is 8.57. The van der Waals surface area contributed by atoms with Crippen LogP contribution in [0.4, 0.5) is 9.93 Å². The quantitative estimate of drug-likeness (QED) is 0.860. The minimum Gasteiger partial charge on any atom is -0.337 e. The zero-order chi connectivity index (χ0) is 14.2. The first kappa shape index (κ1) is 14.9. The number of nitrogens with one attached hydrogen (secondary N) is 2. The smallest absolute Gasteiger partial charge is 0.321 e. The van der Waals surface area contributed by atoms with Crippen molar-refractivity contribution in [3.63, 3.8) is 0 Å². The van der Waals surface area contributed by atoms with E-state index < -0.39 is 0 Å². The zero-order valence-electron chi connectivity index (χ0n) is 11.3. The Morgan fingerprint density at radius 3 is 2.90 bits per heavy atom. The van der Waals surface area contributed by atoms with Crippen molar-refractivity contribution in [2.24, 2.45) is 0 Å². The molecule has 0 unspecified atom stereocenters. The highest BCUT2D eigenvalue weighted by Gasteiger charge is 2.05. The van der Waals surface area contributed by atoms with Gasteiger partial charge in [-0.2, -0.15) is 11.8 Å². The van der Waals surface area contributed by atoms with Gasteiger partial charge in [-0.15, -0.1) is 11.3 Å². The van der Waals surface area contributed by atoms with Crippen LogP contribution in [0.5, 0.6) is 0 Å². The predicted octanol–water partition coefficient (Wildman–Crippen LogP) is 3.37. The van der Waals surface area contributed by atoms with E-state index >= 15 is 0 Å². The number of hydrogen-bond acceptors (Lipinski definition) is 4. The lowest BCUT2D eigenvalue weighted by molar-refractivity contribution is 0.252. The predicted molar refractivity (Wildman–Crippen MR) is 86.5 cm³/mol. The fraction of sp³-hybridized carbons (Fsp3) is 0.286. The van der Waals surface area contributed by atoms with Crippen molar-refractivity contribution in [2.75, 3.05) is 18.1 Å². The molecule has 0 saturated carbocycles. The maximum atomic E-state index is 11.7. The second-order valence-corrected chi connectivity index (χ2v) is 5.92. The third kappa shape index (κ3) is 4.86. The lowest BCUT2D eigenvalue weighted by Gasteiger charge is -2.05. The highest BCUT2D eigenvalue weighted by Crippen LogP contribution is 2.18. The molecule has 2 N–H and O–H groups in total. The van der Waals surface area contributed by atoms with Crippen LogP contribution in [-0.2, 0) is 12.2 Å². The summed E-state index contributed by atoms with van der Waals surface area (Å²) >= 11 is 3.17. The monoisotopic (exact) mass is 307 g/mol. The molecule has 1 heterocycles. The number of carbonyl (C=O) groups is 1. The topological polar surface area (TPSA) is 54.0 Å². The van der Waals surface area contributed by atoms with Crippen LogP contribution in [-0.4, -0.2) is 23.8 Å². The third-order valence-corrected chi connectivity index (χ3v) is 4.00. The zero-order valence-corrected chi connectivity index (χ0v) is 12.9. The van der Waals surface area contributed by atoms with Gasteiger partial charge in [0.1, 0.15) is 0 Å². The summed E-state index contributed by atoms with van der Waals surface area (Å²) in [5.41, 5.74) is 2.21. The molecular formula is C14H17N3OS2. The van der Waals surface area contributed by atoms with E-state index in [0.717, 1.165) is 17.9 Å². The van der Waals surface area contributed by atoms with Gasteiger partial charge in [0.05, 0.1) is 5.69 Å². The molecule has 0 aliphatic heterocycles. The van der Waals surface area contributed by atoms with Crippen molar-refractivity contribution < 1.29 is 4.79 Å². The molecule has 0 fully saturated rings. The molecule has 2 amide bonds. The number of aromatic nitrogens is 1. The molecule has 0 aliphatic carbocycles. The average molecular weight is 307 g/mol. The summed E-state index contributed by atoms with van der Waals surface area (Å²) in [6, 6.07) is 9.88. The summed E-state index contributed by atoms with van der Waals surface area (Å²) in [6.45, 7) is 0.610. The van der Waals surface area contributed by atoms with Crippen LogP contribution < -0.4 is 10.6 Å². The molecule has 0 aliphatic rings. The standard InChI is InChI=1S/C14H17N3OS2/c1-19-9-12-10-20-14(16-12)17-13(18)15-8-7-11-5-3-2-4-6-11/h2-6,10H,7-9H2,1H3,(H2,15,16,17,18). The molecule has 0 atom stereocenters. The van der Waals surface area contributed by atoms with Crippen LogP contribution in [0.3, 0.4) is 0 Å². The Morgan fingerprint density at radius 1 is 1.35 bits per heavy atom. The number of hydrogen-bond donors (Lipinski definition) is 2. The number of amides is 2. The first-order valence-electron chi connectivity index (χ1n) is 6.30. The second kappa shape index (κ2) is 7.91. The first-order chi connectivity index (χ1) is 9.78. The van der Waals surface area contributed by atoms with Gasteiger partial charge in [0.2, 0.25) is 0 Å². The van der Waals surface area contributed by atoms with Crippen LogP contribution in [0.2, 0.25) is 0 Å². The normalized spacial score (nSPS) is 10.2. The van der Waals surface area contributed by atoms with Crippen LogP contribution in [0.1, 0.15) is 11.3 Å². The minimum absolute atomic E-state index is 0.203. The Hall–Kier alpha value is -1.53. The Labute approximate surface area is 127 Å². The number of thiazole rings is 1. The molecule has 20 heavy (non-hydrogen) atoms. The van der Waals surface area contributed by atoms with Gasteiger partial charge < -0.3 is 5.32 Å². The molecule has 0 radical (unpaired) electrons. The van der Waals surface area contributed by atoms with Gasteiger partial charge in [0, 0.05) is 17.7 Å². The Kier molecular flexibility index (Phi) is 5.88. The van der Waals surface area contributed by atoms with Gasteiger partial charge in [-0.05, 0) is 18.2 Å². The van der Waals surface area contributed by atoms with Crippen molar-refractivity contribution in [3.8, 4) is 0 Å². The molecule has 0 bridgehead atoms. The van der Waals surface area contributed by atoms with Gasteiger partial charge >= 0.3 is 6.03 Å². The van der Waals surface area contributed by atoms with E-state index in [2.05, 4.69) is 27.8 Å². The molecule has 4 nitrogen and oxygen atoms in total. The van der Waals surface area contributed by atoms with E-state index in [0.29, 0.717) is 11.7 Å². The van der Waals surface area contributed by atoms with Gasteiger partial charge in [0.15, 0.2) is 5.13 Å². The summed E-state index contributed by atoms with van der Waals surface area (Å²) in [4.78, 5) is 16.0. The third-order valence-electron chi connectivity index (χ3n) is 2.61. The average Bonchev–Trinajstić information content (AvgIpc) is 2.88. The number of carbonyl (C=O) groups excluding carboxylic acids is 1.